The lowest BCUT2D eigenvalue weighted by Gasteiger charge is -2.32. The first kappa shape index (κ1) is 14.0. The number of piperidine rings is 1. The Kier molecular flexibility index (Phi) is 3.88. The van der Waals surface area contributed by atoms with Gasteiger partial charge in [-0.1, -0.05) is 11.6 Å². The standard InChI is InChI=1S/C15H20N4O2/c1-11(18-7-3-2-4-8-18)10-19-14-6-5-12(15(20)21)9-13(14)16-17-19/h5-6,9,11H,2-4,7-8,10H2,1H3,(H,20,21). The molecule has 0 aliphatic carbocycles. The second-order valence-corrected chi connectivity index (χ2v) is 5.73. The van der Waals surface area contributed by atoms with E-state index < -0.39 is 5.97 Å². The molecular formula is C15H20N4O2. The smallest absolute Gasteiger partial charge is 0.335 e. The highest BCUT2D eigenvalue weighted by Crippen LogP contribution is 2.17. The summed E-state index contributed by atoms with van der Waals surface area (Å²) < 4.78 is 1.88. The first-order valence-corrected chi connectivity index (χ1v) is 7.46. The highest BCUT2D eigenvalue weighted by atomic mass is 16.4. The van der Waals surface area contributed by atoms with E-state index in [9.17, 15) is 4.79 Å². The third kappa shape index (κ3) is 2.90. The van der Waals surface area contributed by atoms with Gasteiger partial charge in [-0.15, -0.1) is 5.10 Å². The maximum Gasteiger partial charge on any atom is 0.335 e. The van der Waals surface area contributed by atoms with Crippen LogP contribution in [0, 0.1) is 0 Å². The van der Waals surface area contributed by atoms with Gasteiger partial charge in [0, 0.05) is 6.04 Å². The van der Waals surface area contributed by atoms with E-state index >= 15 is 0 Å². The van der Waals surface area contributed by atoms with E-state index in [0.717, 1.165) is 25.2 Å². The molecule has 3 rings (SSSR count). The molecule has 0 saturated carbocycles. The van der Waals surface area contributed by atoms with Gasteiger partial charge in [0.15, 0.2) is 0 Å². The lowest BCUT2D eigenvalue weighted by Crippen LogP contribution is -2.39. The maximum atomic E-state index is 11.0. The third-order valence-electron chi connectivity index (χ3n) is 4.21. The number of likely N-dealkylation sites (tertiary alicyclic amines) is 1. The number of nitrogens with zero attached hydrogens (tertiary/aromatic N) is 4. The minimum Gasteiger partial charge on any atom is -0.478 e. The van der Waals surface area contributed by atoms with Crippen molar-refractivity contribution in [2.24, 2.45) is 0 Å². The number of carboxylic acid groups (broad SMARTS) is 1. The number of hydrogen-bond donors (Lipinski definition) is 1. The van der Waals surface area contributed by atoms with Crippen molar-refractivity contribution in [1.29, 1.82) is 0 Å². The van der Waals surface area contributed by atoms with Crippen LogP contribution < -0.4 is 0 Å². The molecule has 1 aromatic heterocycles. The molecule has 21 heavy (non-hydrogen) atoms. The van der Waals surface area contributed by atoms with E-state index in [1.54, 1.807) is 18.2 Å². The lowest BCUT2D eigenvalue weighted by atomic mass is 10.1. The number of rotatable bonds is 4. The van der Waals surface area contributed by atoms with Gasteiger partial charge in [0.2, 0.25) is 0 Å². The van der Waals surface area contributed by atoms with Crippen LogP contribution in [0.5, 0.6) is 0 Å². The summed E-state index contributed by atoms with van der Waals surface area (Å²) in [5.74, 6) is -0.937. The van der Waals surface area contributed by atoms with Gasteiger partial charge >= 0.3 is 5.97 Å². The molecule has 2 heterocycles. The Morgan fingerprint density at radius 3 is 2.81 bits per heavy atom. The molecule has 0 amide bonds. The van der Waals surface area contributed by atoms with Crippen LogP contribution in [0.2, 0.25) is 0 Å². The second kappa shape index (κ2) is 5.81. The fraction of sp³-hybridized carbons (Fsp3) is 0.533. The maximum absolute atomic E-state index is 11.0. The summed E-state index contributed by atoms with van der Waals surface area (Å²) in [7, 11) is 0. The van der Waals surface area contributed by atoms with E-state index in [2.05, 4.69) is 22.1 Å². The molecule has 6 nitrogen and oxygen atoms in total. The summed E-state index contributed by atoms with van der Waals surface area (Å²) in [5.41, 5.74) is 1.78. The molecule has 0 spiro atoms. The third-order valence-corrected chi connectivity index (χ3v) is 4.21. The van der Waals surface area contributed by atoms with E-state index in [-0.39, 0.29) is 5.56 Å². The van der Waals surface area contributed by atoms with Gasteiger partial charge in [0.1, 0.15) is 5.52 Å². The van der Waals surface area contributed by atoms with Crippen LogP contribution in [-0.4, -0.2) is 50.1 Å². The largest absolute Gasteiger partial charge is 0.478 e. The Bertz CT molecular complexity index is 646. The quantitative estimate of drug-likeness (QED) is 0.931. The molecule has 1 unspecified atom stereocenters. The average molecular weight is 288 g/mol. The number of aromatic carboxylic acids is 1. The molecular weight excluding hydrogens is 268 g/mol. The number of fused-ring (bicyclic) bond motifs is 1. The fourth-order valence-electron chi connectivity index (χ4n) is 2.96. The predicted molar refractivity (Wildman–Crippen MR) is 79.4 cm³/mol. The monoisotopic (exact) mass is 288 g/mol. The zero-order valence-electron chi connectivity index (χ0n) is 12.2. The van der Waals surface area contributed by atoms with Gasteiger partial charge in [-0.3, -0.25) is 4.90 Å². The Labute approximate surface area is 123 Å². The van der Waals surface area contributed by atoms with Gasteiger partial charge in [-0.2, -0.15) is 0 Å². The molecule has 1 aliphatic rings. The van der Waals surface area contributed by atoms with Crippen LogP contribution in [0.3, 0.4) is 0 Å². The number of carboxylic acids is 1. The highest BCUT2D eigenvalue weighted by Gasteiger charge is 2.18. The summed E-state index contributed by atoms with van der Waals surface area (Å²) >= 11 is 0. The van der Waals surface area contributed by atoms with Crippen molar-refractivity contribution in [3.05, 3.63) is 23.8 Å². The molecule has 1 aromatic carbocycles. The summed E-state index contributed by atoms with van der Waals surface area (Å²) in [4.78, 5) is 13.5. The van der Waals surface area contributed by atoms with E-state index in [1.807, 2.05) is 4.68 Å². The van der Waals surface area contributed by atoms with E-state index in [0.29, 0.717) is 11.6 Å². The summed E-state index contributed by atoms with van der Waals surface area (Å²) in [6.07, 6.45) is 3.86. The number of carbonyl (C=O) groups is 1. The Balaban J connectivity index is 1.79. The fourth-order valence-corrected chi connectivity index (χ4v) is 2.96. The van der Waals surface area contributed by atoms with Gasteiger partial charge in [0.05, 0.1) is 17.6 Å². The predicted octanol–water partition coefficient (Wildman–Crippen LogP) is 2.00. The van der Waals surface area contributed by atoms with Crippen LogP contribution in [0.15, 0.2) is 18.2 Å². The minimum atomic E-state index is -0.937. The Hall–Kier alpha value is -1.95. The van der Waals surface area contributed by atoms with Crippen molar-refractivity contribution in [3.63, 3.8) is 0 Å². The molecule has 1 fully saturated rings. The van der Waals surface area contributed by atoms with E-state index in [4.69, 9.17) is 5.11 Å². The first-order valence-electron chi connectivity index (χ1n) is 7.46. The van der Waals surface area contributed by atoms with Crippen molar-refractivity contribution < 1.29 is 9.90 Å². The zero-order chi connectivity index (χ0) is 14.8. The average Bonchev–Trinajstić information content (AvgIpc) is 2.90. The highest BCUT2D eigenvalue weighted by molar-refractivity contribution is 5.92. The summed E-state index contributed by atoms with van der Waals surface area (Å²) in [5, 5.41) is 17.3. The molecule has 0 radical (unpaired) electrons. The molecule has 0 bridgehead atoms. The van der Waals surface area contributed by atoms with Crippen LogP contribution in [-0.2, 0) is 6.54 Å². The Morgan fingerprint density at radius 1 is 1.33 bits per heavy atom. The number of benzene rings is 1. The van der Waals surface area contributed by atoms with Crippen LogP contribution in [0.25, 0.3) is 11.0 Å². The van der Waals surface area contributed by atoms with Crippen molar-refractivity contribution in [1.82, 2.24) is 19.9 Å². The number of aromatic nitrogens is 3. The molecule has 112 valence electrons. The second-order valence-electron chi connectivity index (χ2n) is 5.73. The van der Waals surface area contributed by atoms with Gasteiger partial charge in [-0.25, -0.2) is 9.48 Å². The van der Waals surface area contributed by atoms with Crippen LogP contribution in [0.1, 0.15) is 36.5 Å². The molecule has 1 aliphatic heterocycles. The first-order chi connectivity index (χ1) is 10.1. The Morgan fingerprint density at radius 2 is 2.10 bits per heavy atom. The summed E-state index contributed by atoms with van der Waals surface area (Å²) in [6, 6.07) is 5.39. The van der Waals surface area contributed by atoms with Crippen LogP contribution >= 0.6 is 0 Å². The van der Waals surface area contributed by atoms with Crippen molar-refractivity contribution in [2.75, 3.05) is 13.1 Å². The minimum absolute atomic E-state index is 0.249. The van der Waals surface area contributed by atoms with Gasteiger partial charge in [-0.05, 0) is 51.1 Å². The van der Waals surface area contributed by atoms with Crippen molar-refractivity contribution in [3.8, 4) is 0 Å². The molecule has 6 heteroatoms. The zero-order valence-corrected chi connectivity index (χ0v) is 12.2. The van der Waals surface area contributed by atoms with E-state index in [1.165, 1.54) is 19.3 Å². The molecule has 1 N–H and O–H groups in total. The SMILES string of the molecule is CC(Cn1nnc2cc(C(=O)O)ccc21)N1CCCCC1. The normalized spacial score (nSPS) is 18.0. The molecule has 1 saturated heterocycles. The van der Waals surface area contributed by atoms with Gasteiger partial charge in [0.25, 0.3) is 0 Å². The molecule has 1 atom stereocenters. The van der Waals surface area contributed by atoms with Crippen molar-refractivity contribution >= 4 is 17.0 Å². The van der Waals surface area contributed by atoms with Crippen molar-refractivity contribution in [2.45, 2.75) is 38.8 Å². The number of hydrogen-bond acceptors (Lipinski definition) is 4. The van der Waals surface area contributed by atoms with Crippen LogP contribution in [0.4, 0.5) is 0 Å². The molecule has 2 aromatic rings. The van der Waals surface area contributed by atoms with Gasteiger partial charge < -0.3 is 5.11 Å². The lowest BCUT2D eigenvalue weighted by molar-refractivity contribution is 0.0697. The topological polar surface area (TPSA) is 71.2 Å². The summed E-state index contributed by atoms with van der Waals surface area (Å²) in [6.45, 7) is 5.29.